The number of nitrogens with zero attached hydrogens (tertiary/aromatic N) is 2. The zero-order valence-corrected chi connectivity index (χ0v) is 15.8. The summed E-state index contributed by atoms with van der Waals surface area (Å²) in [6.07, 6.45) is 2.66. The zero-order chi connectivity index (χ0) is 20.4. The highest BCUT2D eigenvalue weighted by molar-refractivity contribution is 5.91. The quantitative estimate of drug-likeness (QED) is 0.413. The molecule has 1 aromatic heterocycles. The molecule has 0 unspecified atom stereocenters. The molecule has 0 fully saturated rings. The molecule has 0 aliphatic carbocycles. The van der Waals surface area contributed by atoms with E-state index in [4.69, 9.17) is 5.21 Å². The molecule has 0 bridgehead atoms. The molecule has 0 saturated carbocycles. The number of carbonyl (C=O) groups is 1. The van der Waals surface area contributed by atoms with Gasteiger partial charge in [0.1, 0.15) is 11.6 Å². The van der Waals surface area contributed by atoms with Crippen LogP contribution in [0.1, 0.15) is 29.4 Å². The first-order valence-corrected chi connectivity index (χ1v) is 8.81. The lowest BCUT2D eigenvalue weighted by Crippen LogP contribution is -2.25. The van der Waals surface area contributed by atoms with Crippen molar-refractivity contribution in [3.8, 4) is 5.69 Å². The molecule has 28 heavy (non-hydrogen) atoms. The summed E-state index contributed by atoms with van der Waals surface area (Å²) in [5.74, 6) is -0.877. The van der Waals surface area contributed by atoms with Crippen LogP contribution in [0.5, 0.6) is 0 Å². The number of benzene rings is 2. The smallest absolute Gasteiger partial charge is 0.267 e. The molecule has 1 heterocycles. The van der Waals surface area contributed by atoms with Crippen molar-refractivity contribution in [1.29, 1.82) is 0 Å². The Bertz CT molecular complexity index is 1150. The first-order valence-electron chi connectivity index (χ1n) is 8.81. The van der Waals surface area contributed by atoms with E-state index in [0.717, 1.165) is 22.9 Å². The number of hydroxylamine groups is 1. The van der Waals surface area contributed by atoms with Gasteiger partial charge in [-0.15, -0.1) is 0 Å². The van der Waals surface area contributed by atoms with Gasteiger partial charge in [-0.05, 0) is 37.1 Å². The summed E-state index contributed by atoms with van der Waals surface area (Å²) >= 11 is 0. The predicted molar refractivity (Wildman–Crippen MR) is 105 cm³/mol. The number of hydrogen-bond donors (Lipinski definition) is 2. The molecule has 3 rings (SSSR count). The third kappa shape index (κ3) is 3.44. The molecule has 1 amide bonds. The molecular weight excluding hydrogens is 361 g/mol. The number of rotatable bonds is 4. The molecule has 0 spiro atoms. The van der Waals surface area contributed by atoms with Crippen molar-refractivity contribution < 1.29 is 14.4 Å². The minimum absolute atomic E-state index is 0.0484. The maximum absolute atomic E-state index is 14.4. The van der Waals surface area contributed by atoms with Crippen LogP contribution in [0.15, 0.2) is 41.2 Å². The van der Waals surface area contributed by atoms with E-state index >= 15 is 0 Å². The number of carbonyl (C=O) groups excluding carboxylic acids is 1. The number of aryl methyl sites for hydroxylation is 3. The second kappa shape index (κ2) is 7.74. The fourth-order valence-corrected chi connectivity index (χ4v) is 3.23. The zero-order valence-electron chi connectivity index (χ0n) is 15.8. The minimum atomic E-state index is -0.799. The van der Waals surface area contributed by atoms with Crippen LogP contribution in [0.2, 0.25) is 0 Å². The average Bonchev–Trinajstić information content (AvgIpc) is 2.67. The van der Waals surface area contributed by atoms with Gasteiger partial charge < -0.3 is 0 Å². The van der Waals surface area contributed by atoms with Gasteiger partial charge in [-0.25, -0.2) is 14.9 Å². The van der Waals surface area contributed by atoms with Crippen molar-refractivity contribution in [2.24, 2.45) is 0 Å². The highest BCUT2D eigenvalue weighted by atomic mass is 19.1. The Hall–Kier alpha value is -3.32. The lowest BCUT2D eigenvalue weighted by atomic mass is 10.1. The van der Waals surface area contributed by atoms with Crippen LogP contribution in [0.4, 0.5) is 4.39 Å². The van der Waals surface area contributed by atoms with Crippen LogP contribution in [0.3, 0.4) is 0 Å². The highest BCUT2D eigenvalue weighted by Crippen LogP contribution is 2.22. The van der Waals surface area contributed by atoms with E-state index in [0.29, 0.717) is 12.2 Å². The van der Waals surface area contributed by atoms with E-state index < -0.39 is 11.7 Å². The number of nitrogens with one attached hydrogen (secondary N) is 1. The molecular formula is C21H20FN3O3. The van der Waals surface area contributed by atoms with Crippen molar-refractivity contribution in [3.63, 3.8) is 0 Å². The van der Waals surface area contributed by atoms with E-state index in [9.17, 15) is 14.0 Å². The molecule has 144 valence electrons. The van der Waals surface area contributed by atoms with Crippen LogP contribution < -0.4 is 11.0 Å². The van der Waals surface area contributed by atoms with E-state index in [1.165, 1.54) is 23.7 Å². The lowest BCUT2D eigenvalue weighted by Gasteiger charge is -2.17. The number of amides is 1. The van der Waals surface area contributed by atoms with Crippen LogP contribution in [0.25, 0.3) is 22.7 Å². The average molecular weight is 381 g/mol. The molecule has 0 aliphatic rings. The van der Waals surface area contributed by atoms with Gasteiger partial charge in [0.15, 0.2) is 0 Å². The van der Waals surface area contributed by atoms with Crippen molar-refractivity contribution in [2.75, 3.05) is 0 Å². The number of para-hydroxylation sites is 1. The summed E-state index contributed by atoms with van der Waals surface area (Å²) in [7, 11) is 0. The summed E-state index contributed by atoms with van der Waals surface area (Å²) < 4.78 is 16.0. The third-order valence-corrected chi connectivity index (χ3v) is 4.56. The summed E-state index contributed by atoms with van der Waals surface area (Å²) in [5.41, 5.74) is 4.06. The van der Waals surface area contributed by atoms with Gasteiger partial charge in [-0.3, -0.25) is 19.4 Å². The van der Waals surface area contributed by atoms with Crippen LogP contribution in [0, 0.1) is 19.7 Å². The van der Waals surface area contributed by atoms with Crippen LogP contribution in [-0.4, -0.2) is 20.7 Å². The number of halogens is 1. The topological polar surface area (TPSA) is 84.2 Å². The summed E-state index contributed by atoms with van der Waals surface area (Å²) in [6, 6.07) is 8.31. The molecule has 2 N–H and O–H groups in total. The van der Waals surface area contributed by atoms with Crippen molar-refractivity contribution in [3.05, 3.63) is 75.1 Å². The molecule has 0 atom stereocenters. The van der Waals surface area contributed by atoms with Gasteiger partial charge in [0.25, 0.3) is 11.5 Å². The largest absolute Gasteiger partial charge is 0.288 e. The molecule has 3 aromatic rings. The minimum Gasteiger partial charge on any atom is -0.288 e. The predicted octanol–water partition coefficient (Wildman–Crippen LogP) is 3.22. The van der Waals surface area contributed by atoms with Gasteiger partial charge in [0.2, 0.25) is 0 Å². The fourth-order valence-electron chi connectivity index (χ4n) is 3.23. The molecule has 7 heteroatoms. The van der Waals surface area contributed by atoms with E-state index in [1.807, 2.05) is 39.0 Å². The Labute approximate surface area is 160 Å². The van der Waals surface area contributed by atoms with Gasteiger partial charge in [0, 0.05) is 24.1 Å². The Morgan fingerprint density at radius 2 is 1.96 bits per heavy atom. The monoisotopic (exact) mass is 381 g/mol. The number of aromatic nitrogens is 2. The molecule has 0 aliphatic heterocycles. The van der Waals surface area contributed by atoms with Crippen molar-refractivity contribution in [1.82, 2.24) is 15.0 Å². The molecule has 0 radical (unpaired) electrons. The molecule has 6 nitrogen and oxygen atoms in total. The highest BCUT2D eigenvalue weighted by Gasteiger charge is 2.16. The first-order chi connectivity index (χ1) is 13.4. The van der Waals surface area contributed by atoms with E-state index in [2.05, 4.69) is 4.98 Å². The van der Waals surface area contributed by atoms with Gasteiger partial charge in [-0.2, -0.15) is 0 Å². The summed E-state index contributed by atoms with van der Waals surface area (Å²) in [5, 5.41) is 8.80. The van der Waals surface area contributed by atoms with E-state index in [-0.39, 0.29) is 22.0 Å². The van der Waals surface area contributed by atoms with E-state index in [1.54, 1.807) is 4.57 Å². The second-order valence-corrected chi connectivity index (χ2v) is 6.46. The van der Waals surface area contributed by atoms with Crippen molar-refractivity contribution >= 4 is 22.9 Å². The summed E-state index contributed by atoms with van der Waals surface area (Å²) in [4.78, 5) is 29.0. The maximum Gasteiger partial charge on any atom is 0.267 e. The molecule has 2 aromatic carbocycles. The number of hydrogen-bond acceptors (Lipinski definition) is 4. The SMILES string of the molecule is CCc1nc2cc(F)c(/C=C/C(=O)NO)cc2c(=O)n1-c1c(C)cccc1C. The third-order valence-electron chi connectivity index (χ3n) is 4.56. The Morgan fingerprint density at radius 3 is 2.57 bits per heavy atom. The van der Waals surface area contributed by atoms with Crippen LogP contribution in [-0.2, 0) is 11.2 Å². The van der Waals surface area contributed by atoms with Crippen LogP contribution >= 0.6 is 0 Å². The van der Waals surface area contributed by atoms with Crippen molar-refractivity contribution in [2.45, 2.75) is 27.2 Å². The summed E-state index contributed by atoms with van der Waals surface area (Å²) in [6.45, 7) is 5.73. The number of fused-ring (bicyclic) bond motifs is 1. The fraction of sp³-hybridized carbons (Fsp3) is 0.190. The van der Waals surface area contributed by atoms with Gasteiger partial charge in [-0.1, -0.05) is 25.1 Å². The lowest BCUT2D eigenvalue weighted by molar-refractivity contribution is -0.124. The molecule has 0 saturated heterocycles. The first kappa shape index (κ1) is 19.4. The Balaban J connectivity index is 2.33. The Kier molecular flexibility index (Phi) is 5.37. The maximum atomic E-state index is 14.4. The second-order valence-electron chi connectivity index (χ2n) is 6.46. The standard InChI is InChI=1S/C21H20FN3O3/c1-4-18-23-17-11-16(22)14(8-9-19(26)24-28)10-15(17)21(27)25(18)20-12(2)6-5-7-13(20)3/h5-11,28H,4H2,1-3H3,(H,24,26)/b9-8+. The van der Waals surface area contributed by atoms with Gasteiger partial charge >= 0.3 is 0 Å². The van der Waals surface area contributed by atoms with Gasteiger partial charge in [0.05, 0.1) is 16.6 Å². The normalized spacial score (nSPS) is 11.3. The Morgan fingerprint density at radius 1 is 1.29 bits per heavy atom.